The Hall–Kier alpha value is -1.70. The molecule has 2 rings (SSSR count). The Morgan fingerprint density at radius 3 is 2.15 bits per heavy atom. The lowest BCUT2D eigenvalue weighted by Gasteiger charge is -2.18. The van der Waals surface area contributed by atoms with Gasteiger partial charge in [0, 0.05) is 0 Å². The highest BCUT2D eigenvalue weighted by Crippen LogP contribution is 2.28. The molecule has 2 aromatic carbocycles. The second-order valence-corrected chi connectivity index (χ2v) is 5.62. The van der Waals surface area contributed by atoms with E-state index in [2.05, 4.69) is 6.92 Å². The average Bonchev–Trinajstić information content (AvgIpc) is 2.39. The van der Waals surface area contributed by atoms with Crippen LogP contribution in [0.3, 0.4) is 0 Å². The molecule has 0 N–H and O–H groups in total. The molecule has 20 heavy (non-hydrogen) atoms. The lowest BCUT2D eigenvalue weighted by molar-refractivity contribution is 0.589. The van der Waals surface area contributed by atoms with Crippen molar-refractivity contribution in [1.82, 2.24) is 0 Å². The van der Waals surface area contributed by atoms with Gasteiger partial charge in [0.25, 0.3) is 0 Å². The van der Waals surface area contributed by atoms with Crippen molar-refractivity contribution in [2.24, 2.45) is 0 Å². The van der Waals surface area contributed by atoms with Gasteiger partial charge in [0.05, 0.1) is 0 Å². The standard InChI is InChI=1S/C18H20F2/c1-12(2)18-15(5-4-6-17(18)20)11-13(3)14-7-9-16(19)10-8-14/h4-10,12-13H,11H2,1-3H3. The van der Waals surface area contributed by atoms with Gasteiger partial charge in [-0.15, -0.1) is 0 Å². The summed E-state index contributed by atoms with van der Waals surface area (Å²) >= 11 is 0. The fourth-order valence-electron chi connectivity index (χ4n) is 2.65. The zero-order valence-corrected chi connectivity index (χ0v) is 12.2. The van der Waals surface area contributed by atoms with Crippen LogP contribution >= 0.6 is 0 Å². The molecule has 0 fully saturated rings. The van der Waals surface area contributed by atoms with Crippen LogP contribution in [0.15, 0.2) is 42.5 Å². The van der Waals surface area contributed by atoms with Gasteiger partial charge in [-0.2, -0.15) is 0 Å². The molecule has 2 aromatic rings. The van der Waals surface area contributed by atoms with Crippen LogP contribution in [-0.4, -0.2) is 0 Å². The van der Waals surface area contributed by atoms with Crippen LogP contribution in [0.2, 0.25) is 0 Å². The molecule has 0 saturated heterocycles. The highest BCUT2D eigenvalue weighted by molar-refractivity contribution is 5.33. The molecule has 0 radical (unpaired) electrons. The van der Waals surface area contributed by atoms with Crippen molar-refractivity contribution in [3.05, 3.63) is 70.8 Å². The van der Waals surface area contributed by atoms with Crippen molar-refractivity contribution in [2.45, 2.75) is 39.0 Å². The predicted molar refractivity (Wildman–Crippen MR) is 79.0 cm³/mol. The maximum atomic E-state index is 14.0. The summed E-state index contributed by atoms with van der Waals surface area (Å²) in [7, 11) is 0. The number of benzene rings is 2. The quantitative estimate of drug-likeness (QED) is 0.697. The van der Waals surface area contributed by atoms with Crippen molar-refractivity contribution in [3.8, 4) is 0 Å². The maximum Gasteiger partial charge on any atom is 0.126 e. The van der Waals surface area contributed by atoms with Gasteiger partial charge in [-0.3, -0.25) is 0 Å². The Morgan fingerprint density at radius 1 is 0.900 bits per heavy atom. The van der Waals surface area contributed by atoms with E-state index in [-0.39, 0.29) is 23.5 Å². The third-order valence-electron chi connectivity index (χ3n) is 3.69. The van der Waals surface area contributed by atoms with Crippen LogP contribution in [0.25, 0.3) is 0 Å². The summed E-state index contributed by atoms with van der Waals surface area (Å²) in [4.78, 5) is 0. The van der Waals surface area contributed by atoms with E-state index in [0.717, 1.165) is 23.1 Å². The highest BCUT2D eigenvalue weighted by atomic mass is 19.1. The van der Waals surface area contributed by atoms with E-state index in [1.165, 1.54) is 18.2 Å². The Kier molecular flexibility index (Phi) is 4.53. The van der Waals surface area contributed by atoms with Gasteiger partial charge in [0.15, 0.2) is 0 Å². The van der Waals surface area contributed by atoms with E-state index in [4.69, 9.17) is 0 Å². The predicted octanol–water partition coefficient (Wildman–Crippen LogP) is 5.43. The molecule has 0 aliphatic rings. The molecule has 0 saturated carbocycles. The van der Waals surface area contributed by atoms with Crippen LogP contribution in [0, 0.1) is 11.6 Å². The van der Waals surface area contributed by atoms with E-state index in [1.807, 2.05) is 19.9 Å². The number of halogens is 2. The Labute approximate surface area is 119 Å². The summed E-state index contributed by atoms with van der Waals surface area (Å²) in [5, 5.41) is 0. The van der Waals surface area contributed by atoms with Crippen molar-refractivity contribution < 1.29 is 8.78 Å². The Balaban J connectivity index is 2.26. The molecule has 0 spiro atoms. The summed E-state index contributed by atoms with van der Waals surface area (Å²) in [6, 6.07) is 11.8. The molecular formula is C18H20F2. The monoisotopic (exact) mass is 274 g/mol. The Bertz CT molecular complexity index is 570. The molecule has 0 aromatic heterocycles. The second kappa shape index (κ2) is 6.17. The fourth-order valence-corrected chi connectivity index (χ4v) is 2.65. The first-order valence-corrected chi connectivity index (χ1v) is 7.01. The third-order valence-corrected chi connectivity index (χ3v) is 3.69. The van der Waals surface area contributed by atoms with E-state index >= 15 is 0 Å². The van der Waals surface area contributed by atoms with Crippen LogP contribution in [0.5, 0.6) is 0 Å². The summed E-state index contributed by atoms with van der Waals surface area (Å²) in [5.74, 6) is 0.0277. The summed E-state index contributed by atoms with van der Waals surface area (Å²) in [6.07, 6.45) is 0.761. The average molecular weight is 274 g/mol. The first-order valence-electron chi connectivity index (χ1n) is 7.01. The topological polar surface area (TPSA) is 0 Å². The fraction of sp³-hybridized carbons (Fsp3) is 0.333. The first-order chi connectivity index (χ1) is 9.49. The van der Waals surface area contributed by atoms with Gasteiger partial charge >= 0.3 is 0 Å². The van der Waals surface area contributed by atoms with Crippen molar-refractivity contribution in [1.29, 1.82) is 0 Å². The number of rotatable bonds is 4. The SMILES string of the molecule is CC(C)c1c(F)cccc1CC(C)c1ccc(F)cc1. The number of hydrogen-bond acceptors (Lipinski definition) is 0. The summed E-state index contributed by atoms with van der Waals surface area (Å²) in [5.41, 5.74) is 2.91. The highest BCUT2D eigenvalue weighted by Gasteiger charge is 2.15. The minimum Gasteiger partial charge on any atom is -0.207 e. The van der Waals surface area contributed by atoms with E-state index in [1.54, 1.807) is 18.2 Å². The van der Waals surface area contributed by atoms with Crippen molar-refractivity contribution >= 4 is 0 Å². The van der Waals surface area contributed by atoms with Gasteiger partial charge in [-0.25, -0.2) is 8.78 Å². The molecular weight excluding hydrogens is 254 g/mol. The van der Waals surface area contributed by atoms with E-state index in [9.17, 15) is 8.78 Å². The molecule has 0 amide bonds. The van der Waals surface area contributed by atoms with Gasteiger partial charge in [0.1, 0.15) is 11.6 Å². The molecule has 106 valence electrons. The zero-order chi connectivity index (χ0) is 14.7. The van der Waals surface area contributed by atoms with Gasteiger partial charge in [-0.1, -0.05) is 45.0 Å². The third kappa shape index (κ3) is 3.24. The van der Waals surface area contributed by atoms with E-state index < -0.39 is 0 Å². The molecule has 0 heterocycles. The largest absolute Gasteiger partial charge is 0.207 e. The zero-order valence-electron chi connectivity index (χ0n) is 12.2. The molecule has 1 atom stereocenters. The normalized spacial score (nSPS) is 12.7. The molecule has 0 nitrogen and oxygen atoms in total. The van der Waals surface area contributed by atoms with Crippen molar-refractivity contribution in [2.75, 3.05) is 0 Å². The summed E-state index contributed by atoms with van der Waals surface area (Å²) < 4.78 is 26.9. The minimum absolute atomic E-state index is 0.135. The van der Waals surface area contributed by atoms with Gasteiger partial charge in [0.2, 0.25) is 0 Å². The van der Waals surface area contributed by atoms with Crippen LogP contribution in [0.4, 0.5) is 8.78 Å². The molecule has 0 aliphatic heterocycles. The first kappa shape index (κ1) is 14.7. The van der Waals surface area contributed by atoms with Gasteiger partial charge < -0.3 is 0 Å². The van der Waals surface area contributed by atoms with Gasteiger partial charge in [-0.05, 0) is 53.1 Å². The molecule has 2 heteroatoms. The smallest absolute Gasteiger partial charge is 0.126 e. The molecule has 0 bridgehead atoms. The lowest BCUT2D eigenvalue weighted by Crippen LogP contribution is -2.05. The van der Waals surface area contributed by atoms with Crippen LogP contribution in [0.1, 0.15) is 49.3 Å². The summed E-state index contributed by atoms with van der Waals surface area (Å²) in [6.45, 7) is 6.09. The maximum absolute atomic E-state index is 14.0. The van der Waals surface area contributed by atoms with Crippen LogP contribution in [-0.2, 0) is 6.42 Å². The minimum atomic E-state index is -0.227. The lowest BCUT2D eigenvalue weighted by atomic mass is 9.88. The second-order valence-electron chi connectivity index (χ2n) is 5.62. The van der Waals surface area contributed by atoms with Crippen LogP contribution < -0.4 is 0 Å². The number of hydrogen-bond donors (Lipinski definition) is 0. The van der Waals surface area contributed by atoms with E-state index in [0.29, 0.717) is 0 Å². The Morgan fingerprint density at radius 2 is 1.55 bits per heavy atom. The molecule has 1 unspecified atom stereocenters. The molecule has 0 aliphatic carbocycles. The van der Waals surface area contributed by atoms with Crippen molar-refractivity contribution in [3.63, 3.8) is 0 Å².